The standard InChI is InChI=1S/C13H16BrNO/c1-9-10(5-3-6-11(9)14)12(16)15-13(2)7-4-8-13/h3,5-6H,4,7-8H2,1-2H3,(H,15,16). The maximum absolute atomic E-state index is 12.1. The van der Waals surface area contributed by atoms with Crippen LogP contribution in [0.15, 0.2) is 22.7 Å². The monoisotopic (exact) mass is 281 g/mol. The Kier molecular flexibility index (Phi) is 3.06. The number of carbonyl (C=O) groups is 1. The van der Waals surface area contributed by atoms with Crippen LogP contribution in [-0.2, 0) is 0 Å². The third kappa shape index (κ3) is 2.14. The molecule has 1 aromatic carbocycles. The van der Waals surface area contributed by atoms with Crippen molar-refractivity contribution in [3.05, 3.63) is 33.8 Å². The summed E-state index contributed by atoms with van der Waals surface area (Å²) >= 11 is 3.45. The summed E-state index contributed by atoms with van der Waals surface area (Å²) in [5, 5.41) is 3.12. The molecule has 1 aliphatic rings. The fourth-order valence-electron chi connectivity index (χ4n) is 2.03. The number of hydrogen-bond acceptors (Lipinski definition) is 1. The molecule has 0 bridgehead atoms. The summed E-state index contributed by atoms with van der Waals surface area (Å²) in [6.45, 7) is 4.07. The normalized spacial score (nSPS) is 17.7. The lowest BCUT2D eigenvalue weighted by atomic mass is 9.78. The van der Waals surface area contributed by atoms with Gasteiger partial charge in [-0.15, -0.1) is 0 Å². The van der Waals surface area contributed by atoms with Gasteiger partial charge in [-0.25, -0.2) is 0 Å². The molecule has 86 valence electrons. The Morgan fingerprint density at radius 3 is 2.69 bits per heavy atom. The van der Waals surface area contributed by atoms with Crippen LogP contribution in [-0.4, -0.2) is 11.4 Å². The van der Waals surface area contributed by atoms with Crippen molar-refractivity contribution in [2.24, 2.45) is 0 Å². The van der Waals surface area contributed by atoms with Gasteiger partial charge in [0.2, 0.25) is 0 Å². The molecule has 1 amide bonds. The van der Waals surface area contributed by atoms with Gasteiger partial charge in [0.15, 0.2) is 0 Å². The van der Waals surface area contributed by atoms with Crippen molar-refractivity contribution in [3.8, 4) is 0 Å². The second kappa shape index (κ2) is 4.21. The largest absolute Gasteiger partial charge is 0.347 e. The van der Waals surface area contributed by atoms with Crippen LogP contribution < -0.4 is 5.32 Å². The predicted molar refractivity (Wildman–Crippen MR) is 68.6 cm³/mol. The van der Waals surface area contributed by atoms with Gasteiger partial charge in [0, 0.05) is 15.6 Å². The van der Waals surface area contributed by atoms with Crippen molar-refractivity contribution in [2.45, 2.75) is 38.6 Å². The summed E-state index contributed by atoms with van der Waals surface area (Å²) in [6.07, 6.45) is 3.39. The molecule has 0 atom stereocenters. The van der Waals surface area contributed by atoms with Crippen LogP contribution in [0.1, 0.15) is 42.1 Å². The van der Waals surface area contributed by atoms with E-state index in [1.807, 2.05) is 25.1 Å². The fraction of sp³-hybridized carbons (Fsp3) is 0.462. The van der Waals surface area contributed by atoms with Gasteiger partial charge in [-0.05, 0) is 50.8 Å². The molecule has 3 heteroatoms. The summed E-state index contributed by atoms with van der Waals surface area (Å²) in [5.74, 6) is 0.0426. The summed E-state index contributed by atoms with van der Waals surface area (Å²) in [6, 6.07) is 5.73. The van der Waals surface area contributed by atoms with E-state index in [9.17, 15) is 4.79 Å². The minimum atomic E-state index is 0.0197. The highest BCUT2D eigenvalue weighted by molar-refractivity contribution is 9.10. The first-order valence-corrected chi connectivity index (χ1v) is 6.39. The smallest absolute Gasteiger partial charge is 0.252 e. The Labute approximate surface area is 105 Å². The maximum atomic E-state index is 12.1. The lowest BCUT2D eigenvalue weighted by Gasteiger charge is -2.39. The Hall–Kier alpha value is -0.830. The van der Waals surface area contributed by atoms with Crippen molar-refractivity contribution in [1.29, 1.82) is 0 Å². The zero-order chi connectivity index (χ0) is 11.8. The molecule has 0 radical (unpaired) electrons. The van der Waals surface area contributed by atoms with E-state index >= 15 is 0 Å². The second-order valence-corrected chi connectivity index (χ2v) is 5.64. The molecule has 2 nitrogen and oxygen atoms in total. The number of halogens is 1. The first kappa shape index (κ1) is 11.6. The average Bonchev–Trinajstić information content (AvgIpc) is 2.19. The number of hydrogen-bond donors (Lipinski definition) is 1. The van der Waals surface area contributed by atoms with Gasteiger partial charge in [-0.1, -0.05) is 22.0 Å². The summed E-state index contributed by atoms with van der Waals surface area (Å²) in [4.78, 5) is 12.1. The fourth-order valence-corrected chi connectivity index (χ4v) is 2.39. The zero-order valence-electron chi connectivity index (χ0n) is 9.64. The van der Waals surface area contributed by atoms with Gasteiger partial charge in [-0.2, -0.15) is 0 Å². The Morgan fingerprint density at radius 2 is 2.12 bits per heavy atom. The number of benzene rings is 1. The van der Waals surface area contributed by atoms with Gasteiger partial charge < -0.3 is 5.32 Å². The number of amides is 1. The molecule has 16 heavy (non-hydrogen) atoms. The second-order valence-electron chi connectivity index (χ2n) is 4.78. The van der Waals surface area contributed by atoms with Crippen LogP contribution in [0, 0.1) is 6.92 Å². The van der Waals surface area contributed by atoms with E-state index in [0.29, 0.717) is 0 Å². The van der Waals surface area contributed by atoms with E-state index < -0.39 is 0 Å². The van der Waals surface area contributed by atoms with Gasteiger partial charge in [0.25, 0.3) is 5.91 Å². The maximum Gasteiger partial charge on any atom is 0.252 e. The lowest BCUT2D eigenvalue weighted by molar-refractivity contribution is 0.0850. The first-order chi connectivity index (χ1) is 7.52. The molecule has 0 heterocycles. The van der Waals surface area contributed by atoms with Crippen molar-refractivity contribution < 1.29 is 4.79 Å². The quantitative estimate of drug-likeness (QED) is 0.884. The Balaban J connectivity index is 2.17. The molecular formula is C13H16BrNO. The third-order valence-electron chi connectivity index (χ3n) is 3.38. The summed E-state index contributed by atoms with van der Waals surface area (Å²) in [7, 11) is 0. The van der Waals surface area contributed by atoms with Gasteiger partial charge in [-0.3, -0.25) is 4.79 Å². The van der Waals surface area contributed by atoms with E-state index in [0.717, 1.165) is 28.4 Å². The summed E-state index contributed by atoms with van der Waals surface area (Å²) < 4.78 is 0.985. The molecular weight excluding hydrogens is 266 g/mol. The van der Waals surface area contributed by atoms with Crippen LogP contribution in [0.25, 0.3) is 0 Å². The van der Waals surface area contributed by atoms with Gasteiger partial charge >= 0.3 is 0 Å². The van der Waals surface area contributed by atoms with Crippen molar-refractivity contribution in [2.75, 3.05) is 0 Å². The minimum absolute atomic E-state index is 0.0197. The molecule has 1 N–H and O–H groups in total. The van der Waals surface area contributed by atoms with Crippen molar-refractivity contribution >= 4 is 21.8 Å². The number of rotatable bonds is 2. The van der Waals surface area contributed by atoms with E-state index in [-0.39, 0.29) is 11.4 Å². The predicted octanol–water partition coefficient (Wildman–Crippen LogP) is 3.43. The molecule has 1 saturated carbocycles. The van der Waals surface area contributed by atoms with Crippen LogP contribution in [0.5, 0.6) is 0 Å². The minimum Gasteiger partial charge on any atom is -0.347 e. The molecule has 0 unspecified atom stereocenters. The number of nitrogens with one attached hydrogen (secondary N) is 1. The molecule has 0 aromatic heterocycles. The van der Waals surface area contributed by atoms with E-state index in [2.05, 4.69) is 28.2 Å². The Bertz CT molecular complexity index is 424. The van der Waals surface area contributed by atoms with E-state index in [1.165, 1.54) is 6.42 Å². The summed E-state index contributed by atoms with van der Waals surface area (Å²) in [5.41, 5.74) is 1.79. The third-order valence-corrected chi connectivity index (χ3v) is 4.24. The van der Waals surface area contributed by atoms with E-state index in [4.69, 9.17) is 0 Å². The van der Waals surface area contributed by atoms with Crippen molar-refractivity contribution in [1.82, 2.24) is 5.32 Å². The molecule has 0 aliphatic heterocycles. The molecule has 1 aromatic rings. The molecule has 2 rings (SSSR count). The zero-order valence-corrected chi connectivity index (χ0v) is 11.2. The van der Waals surface area contributed by atoms with Crippen LogP contribution in [0.3, 0.4) is 0 Å². The molecule has 1 aliphatic carbocycles. The number of carbonyl (C=O) groups excluding carboxylic acids is 1. The van der Waals surface area contributed by atoms with Gasteiger partial charge in [0.05, 0.1) is 0 Å². The average molecular weight is 282 g/mol. The highest BCUT2D eigenvalue weighted by atomic mass is 79.9. The molecule has 0 saturated heterocycles. The van der Waals surface area contributed by atoms with E-state index in [1.54, 1.807) is 0 Å². The highest BCUT2D eigenvalue weighted by Gasteiger charge is 2.33. The molecule has 0 spiro atoms. The van der Waals surface area contributed by atoms with Gasteiger partial charge in [0.1, 0.15) is 0 Å². The topological polar surface area (TPSA) is 29.1 Å². The SMILES string of the molecule is Cc1c(Br)cccc1C(=O)NC1(C)CCC1. The highest BCUT2D eigenvalue weighted by Crippen LogP contribution is 2.31. The van der Waals surface area contributed by atoms with Crippen LogP contribution >= 0.6 is 15.9 Å². The van der Waals surface area contributed by atoms with Crippen LogP contribution in [0.2, 0.25) is 0 Å². The Morgan fingerprint density at radius 1 is 1.44 bits per heavy atom. The molecule has 1 fully saturated rings. The van der Waals surface area contributed by atoms with Crippen LogP contribution in [0.4, 0.5) is 0 Å². The first-order valence-electron chi connectivity index (χ1n) is 5.59. The lowest BCUT2D eigenvalue weighted by Crippen LogP contribution is -2.51. The van der Waals surface area contributed by atoms with Crippen molar-refractivity contribution in [3.63, 3.8) is 0 Å².